The molecule has 1 aromatic carbocycles. The number of aromatic nitrogens is 2. The summed E-state index contributed by atoms with van der Waals surface area (Å²) in [6, 6.07) is 8.46. The number of para-hydroxylation sites is 1. The molecule has 2 heterocycles. The Morgan fingerprint density at radius 3 is 3.06 bits per heavy atom. The minimum absolute atomic E-state index is 0.263. The maximum absolute atomic E-state index is 5.48. The van der Waals surface area contributed by atoms with Gasteiger partial charge in [0.05, 0.1) is 23.9 Å². The predicted molar refractivity (Wildman–Crippen MR) is 70.5 cm³/mol. The van der Waals surface area contributed by atoms with Crippen LogP contribution in [-0.2, 0) is 4.74 Å². The molecule has 3 rings (SSSR count). The quantitative estimate of drug-likeness (QED) is 0.832. The topological polar surface area (TPSA) is 47.0 Å². The van der Waals surface area contributed by atoms with E-state index in [9.17, 15) is 0 Å². The molecule has 0 saturated carbocycles. The van der Waals surface area contributed by atoms with Gasteiger partial charge in [-0.1, -0.05) is 18.2 Å². The van der Waals surface area contributed by atoms with Crippen molar-refractivity contribution in [3.63, 3.8) is 0 Å². The minimum Gasteiger partial charge on any atom is -0.380 e. The third-order valence-electron chi connectivity index (χ3n) is 3.26. The second-order valence-corrected chi connectivity index (χ2v) is 4.58. The number of nitrogens with zero attached hydrogens (tertiary/aromatic N) is 2. The molecule has 2 aromatic rings. The fourth-order valence-corrected chi connectivity index (χ4v) is 2.43. The average molecular weight is 243 g/mol. The van der Waals surface area contributed by atoms with Crippen LogP contribution in [-0.4, -0.2) is 29.7 Å². The van der Waals surface area contributed by atoms with Crippen LogP contribution in [0.5, 0.6) is 0 Å². The molecule has 1 aromatic heterocycles. The SMILES string of the molecule is Cc1nc(C2CCOCCN2)c2ccccc2n1. The Balaban J connectivity index is 2.08. The number of ether oxygens (including phenoxy) is 1. The third-order valence-corrected chi connectivity index (χ3v) is 3.26. The fraction of sp³-hybridized carbons (Fsp3) is 0.429. The first-order valence-corrected chi connectivity index (χ1v) is 6.39. The van der Waals surface area contributed by atoms with Crippen molar-refractivity contribution >= 4 is 10.9 Å². The summed E-state index contributed by atoms with van der Waals surface area (Å²) in [4.78, 5) is 9.12. The minimum atomic E-state index is 0.263. The number of rotatable bonds is 1. The lowest BCUT2D eigenvalue weighted by molar-refractivity contribution is 0.150. The zero-order valence-electron chi connectivity index (χ0n) is 10.5. The highest BCUT2D eigenvalue weighted by Gasteiger charge is 2.18. The molecule has 18 heavy (non-hydrogen) atoms. The highest BCUT2D eigenvalue weighted by atomic mass is 16.5. The summed E-state index contributed by atoms with van der Waals surface area (Å²) in [5.41, 5.74) is 2.12. The van der Waals surface area contributed by atoms with Crippen LogP contribution in [0.3, 0.4) is 0 Å². The van der Waals surface area contributed by atoms with E-state index in [1.54, 1.807) is 0 Å². The van der Waals surface area contributed by atoms with E-state index in [-0.39, 0.29) is 6.04 Å². The second kappa shape index (κ2) is 5.00. The van der Waals surface area contributed by atoms with Crippen LogP contribution in [0, 0.1) is 6.92 Å². The van der Waals surface area contributed by atoms with Crippen molar-refractivity contribution in [3.05, 3.63) is 35.8 Å². The Labute approximate surface area is 106 Å². The number of hydrogen-bond acceptors (Lipinski definition) is 4. The van der Waals surface area contributed by atoms with E-state index in [4.69, 9.17) is 4.74 Å². The van der Waals surface area contributed by atoms with E-state index in [1.807, 2.05) is 25.1 Å². The second-order valence-electron chi connectivity index (χ2n) is 4.58. The van der Waals surface area contributed by atoms with Crippen molar-refractivity contribution in [3.8, 4) is 0 Å². The van der Waals surface area contributed by atoms with Crippen LogP contribution >= 0.6 is 0 Å². The molecule has 1 N–H and O–H groups in total. The highest BCUT2D eigenvalue weighted by molar-refractivity contribution is 5.81. The summed E-state index contributed by atoms with van der Waals surface area (Å²) in [7, 11) is 0. The van der Waals surface area contributed by atoms with Crippen molar-refractivity contribution in [2.24, 2.45) is 0 Å². The van der Waals surface area contributed by atoms with Gasteiger partial charge in [0.25, 0.3) is 0 Å². The summed E-state index contributed by atoms with van der Waals surface area (Å²) in [5.74, 6) is 0.829. The molecule has 0 spiro atoms. The van der Waals surface area contributed by atoms with E-state index < -0.39 is 0 Å². The van der Waals surface area contributed by atoms with E-state index in [0.717, 1.165) is 48.6 Å². The molecule has 1 atom stereocenters. The standard InChI is InChI=1S/C14H17N3O/c1-10-16-12-5-3-2-4-11(12)14(17-10)13-6-8-18-9-7-15-13/h2-5,13,15H,6-9H2,1H3. The van der Waals surface area contributed by atoms with Crippen LogP contribution in [0.4, 0.5) is 0 Å². The van der Waals surface area contributed by atoms with Gasteiger partial charge in [-0.3, -0.25) is 0 Å². The van der Waals surface area contributed by atoms with Gasteiger partial charge < -0.3 is 10.1 Å². The summed E-state index contributed by atoms with van der Waals surface area (Å²) in [6.45, 7) is 4.39. The van der Waals surface area contributed by atoms with Gasteiger partial charge in [0.2, 0.25) is 0 Å². The molecule has 1 aliphatic rings. The smallest absolute Gasteiger partial charge is 0.126 e. The van der Waals surface area contributed by atoms with Crippen molar-refractivity contribution in [1.82, 2.24) is 15.3 Å². The fourth-order valence-electron chi connectivity index (χ4n) is 2.43. The van der Waals surface area contributed by atoms with Crippen LogP contribution < -0.4 is 5.32 Å². The zero-order valence-corrected chi connectivity index (χ0v) is 10.5. The largest absolute Gasteiger partial charge is 0.380 e. The van der Waals surface area contributed by atoms with Crippen molar-refractivity contribution < 1.29 is 4.74 Å². The number of hydrogen-bond donors (Lipinski definition) is 1. The number of nitrogens with one attached hydrogen (secondary N) is 1. The van der Waals surface area contributed by atoms with Gasteiger partial charge in [-0.05, 0) is 19.4 Å². The summed E-state index contributed by atoms with van der Waals surface area (Å²) in [6.07, 6.45) is 0.959. The molecule has 0 bridgehead atoms. The Morgan fingerprint density at radius 2 is 2.11 bits per heavy atom. The van der Waals surface area contributed by atoms with Crippen molar-refractivity contribution in [2.75, 3.05) is 19.8 Å². The summed E-state index contributed by atoms with van der Waals surface area (Å²) < 4.78 is 5.48. The normalized spacial score (nSPS) is 20.8. The van der Waals surface area contributed by atoms with Crippen LogP contribution in [0.15, 0.2) is 24.3 Å². The lowest BCUT2D eigenvalue weighted by Crippen LogP contribution is -2.23. The van der Waals surface area contributed by atoms with E-state index in [2.05, 4.69) is 21.4 Å². The summed E-state index contributed by atoms with van der Waals surface area (Å²) in [5, 5.41) is 4.64. The number of fused-ring (bicyclic) bond motifs is 1. The van der Waals surface area contributed by atoms with Crippen LogP contribution in [0.2, 0.25) is 0 Å². The van der Waals surface area contributed by atoms with E-state index in [0.29, 0.717) is 0 Å². The lowest BCUT2D eigenvalue weighted by atomic mass is 10.1. The molecule has 94 valence electrons. The van der Waals surface area contributed by atoms with Gasteiger partial charge in [0.15, 0.2) is 0 Å². The van der Waals surface area contributed by atoms with Gasteiger partial charge in [0, 0.05) is 18.5 Å². The molecule has 0 radical (unpaired) electrons. The number of benzene rings is 1. The van der Waals surface area contributed by atoms with Gasteiger partial charge in [-0.15, -0.1) is 0 Å². The van der Waals surface area contributed by atoms with E-state index in [1.165, 1.54) is 0 Å². The molecule has 1 saturated heterocycles. The number of aryl methyl sites for hydroxylation is 1. The molecule has 4 nitrogen and oxygen atoms in total. The Morgan fingerprint density at radius 1 is 1.22 bits per heavy atom. The molecule has 0 aliphatic carbocycles. The van der Waals surface area contributed by atoms with Crippen LogP contribution in [0.1, 0.15) is 24.0 Å². The Kier molecular flexibility index (Phi) is 3.21. The van der Waals surface area contributed by atoms with Gasteiger partial charge in [-0.25, -0.2) is 9.97 Å². The first kappa shape index (κ1) is 11.6. The highest BCUT2D eigenvalue weighted by Crippen LogP contribution is 2.24. The van der Waals surface area contributed by atoms with Gasteiger partial charge in [0.1, 0.15) is 5.82 Å². The first-order valence-electron chi connectivity index (χ1n) is 6.39. The molecular weight excluding hydrogens is 226 g/mol. The van der Waals surface area contributed by atoms with Crippen LogP contribution in [0.25, 0.3) is 10.9 Å². The maximum atomic E-state index is 5.48. The Bertz CT molecular complexity index is 548. The molecule has 0 amide bonds. The van der Waals surface area contributed by atoms with E-state index >= 15 is 0 Å². The molecular formula is C14H17N3O. The van der Waals surface area contributed by atoms with Gasteiger partial charge in [-0.2, -0.15) is 0 Å². The zero-order chi connectivity index (χ0) is 12.4. The monoisotopic (exact) mass is 243 g/mol. The predicted octanol–water partition coefficient (Wildman–Crippen LogP) is 1.99. The lowest BCUT2D eigenvalue weighted by Gasteiger charge is -2.17. The van der Waals surface area contributed by atoms with Gasteiger partial charge >= 0.3 is 0 Å². The first-order chi connectivity index (χ1) is 8.84. The molecule has 1 fully saturated rings. The molecule has 1 aliphatic heterocycles. The van der Waals surface area contributed by atoms with Crippen molar-refractivity contribution in [2.45, 2.75) is 19.4 Å². The third kappa shape index (κ3) is 2.21. The molecule has 1 unspecified atom stereocenters. The average Bonchev–Trinajstić information content (AvgIpc) is 2.66. The Hall–Kier alpha value is -1.52. The van der Waals surface area contributed by atoms with Crippen molar-refractivity contribution in [1.29, 1.82) is 0 Å². The summed E-state index contributed by atoms with van der Waals surface area (Å²) >= 11 is 0. The molecule has 4 heteroatoms. The maximum Gasteiger partial charge on any atom is 0.126 e.